The van der Waals surface area contributed by atoms with E-state index in [4.69, 9.17) is 0 Å². The zero-order valence-electron chi connectivity index (χ0n) is 12.5. The third kappa shape index (κ3) is 4.33. The molecule has 0 atom stereocenters. The van der Waals surface area contributed by atoms with E-state index in [9.17, 15) is 4.79 Å². The van der Waals surface area contributed by atoms with Crippen LogP contribution < -0.4 is 10.6 Å². The minimum absolute atomic E-state index is 0.0941. The average Bonchev–Trinajstić information content (AvgIpc) is 2.95. The molecule has 23 heavy (non-hydrogen) atoms. The van der Waals surface area contributed by atoms with Crippen LogP contribution in [0, 0.1) is 6.92 Å². The summed E-state index contributed by atoms with van der Waals surface area (Å²) in [5.74, 6) is 0.390. The Morgan fingerprint density at radius 3 is 2.83 bits per heavy atom. The molecule has 0 radical (unpaired) electrons. The molecule has 2 N–H and O–H groups in total. The van der Waals surface area contributed by atoms with Crippen LogP contribution in [0.25, 0.3) is 0 Å². The summed E-state index contributed by atoms with van der Waals surface area (Å²) in [6, 6.07) is 9.44. The Balaban J connectivity index is 1.59. The fourth-order valence-corrected chi connectivity index (χ4v) is 2.70. The molecule has 0 bridgehead atoms. The molecular weight excluding hydrogens is 310 g/mol. The van der Waals surface area contributed by atoms with Crippen LogP contribution in [0.3, 0.4) is 0 Å². The standard InChI is InChI=1S/C16H15N5OS/c1-11-4-2-5-12(8-11)19-14(22)9-13-10-23-16(20-13)21-15-17-6-3-7-18-15/h2-8,10H,9H2,1H3,(H,19,22)(H,17,18,20,21). The highest BCUT2D eigenvalue weighted by Crippen LogP contribution is 2.19. The van der Waals surface area contributed by atoms with Gasteiger partial charge in [0.25, 0.3) is 0 Å². The van der Waals surface area contributed by atoms with Crippen molar-refractivity contribution in [3.05, 3.63) is 59.4 Å². The molecule has 0 saturated heterocycles. The number of carbonyl (C=O) groups is 1. The lowest BCUT2D eigenvalue weighted by Gasteiger charge is -2.04. The van der Waals surface area contributed by atoms with Gasteiger partial charge in [-0.05, 0) is 30.7 Å². The molecule has 0 saturated carbocycles. The summed E-state index contributed by atoms with van der Waals surface area (Å²) in [6.45, 7) is 1.99. The topological polar surface area (TPSA) is 79.8 Å². The van der Waals surface area contributed by atoms with Gasteiger partial charge in [-0.2, -0.15) is 0 Å². The molecule has 7 heteroatoms. The van der Waals surface area contributed by atoms with Crippen molar-refractivity contribution in [2.24, 2.45) is 0 Å². The molecule has 0 spiro atoms. The minimum Gasteiger partial charge on any atom is -0.326 e. The van der Waals surface area contributed by atoms with Crippen LogP contribution in [-0.2, 0) is 11.2 Å². The third-order valence-corrected chi connectivity index (χ3v) is 3.79. The van der Waals surface area contributed by atoms with Gasteiger partial charge in [-0.3, -0.25) is 4.79 Å². The molecule has 0 aliphatic heterocycles. The molecule has 116 valence electrons. The molecule has 6 nitrogen and oxygen atoms in total. The average molecular weight is 325 g/mol. The van der Waals surface area contributed by atoms with Crippen LogP contribution in [0.4, 0.5) is 16.8 Å². The number of carbonyl (C=O) groups excluding carboxylic acids is 1. The highest BCUT2D eigenvalue weighted by molar-refractivity contribution is 7.13. The van der Waals surface area contributed by atoms with E-state index in [1.807, 2.05) is 36.6 Å². The van der Waals surface area contributed by atoms with Crippen molar-refractivity contribution in [3.63, 3.8) is 0 Å². The molecule has 0 unspecified atom stereocenters. The summed E-state index contributed by atoms with van der Waals surface area (Å²) < 4.78 is 0. The number of amides is 1. The van der Waals surface area contributed by atoms with Gasteiger partial charge in [-0.15, -0.1) is 11.3 Å². The SMILES string of the molecule is Cc1cccc(NC(=O)Cc2csc(Nc3ncccn3)n2)c1. The fourth-order valence-electron chi connectivity index (χ4n) is 2.00. The first-order chi connectivity index (χ1) is 11.2. The molecule has 1 aromatic carbocycles. The van der Waals surface area contributed by atoms with Gasteiger partial charge in [0, 0.05) is 23.5 Å². The van der Waals surface area contributed by atoms with E-state index < -0.39 is 0 Å². The number of nitrogens with zero attached hydrogens (tertiary/aromatic N) is 3. The van der Waals surface area contributed by atoms with Gasteiger partial charge in [0.2, 0.25) is 11.9 Å². The van der Waals surface area contributed by atoms with Crippen molar-refractivity contribution in [2.45, 2.75) is 13.3 Å². The highest BCUT2D eigenvalue weighted by atomic mass is 32.1. The number of rotatable bonds is 5. The zero-order chi connectivity index (χ0) is 16.1. The van der Waals surface area contributed by atoms with Gasteiger partial charge in [0.05, 0.1) is 12.1 Å². The van der Waals surface area contributed by atoms with Crippen LogP contribution in [-0.4, -0.2) is 20.9 Å². The molecule has 0 aliphatic rings. The second kappa shape index (κ2) is 6.97. The minimum atomic E-state index is -0.0941. The Bertz CT molecular complexity index is 803. The molecule has 2 heterocycles. The summed E-state index contributed by atoms with van der Waals surface area (Å²) >= 11 is 1.41. The third-order valence-electron chi connectivity index (χ3n) is 2.98. The predicted molar refractivity (Wildman–Crippen MR) is 90.9 cm³/mol. The lowest BCUT2D eigenvalue weighted by atomic mass is 10.2. The molecule has 3 rings (SSSR count). The molecule has 0 fully saturated rings. The number of hydrogen-bond acceptors (Lipinski definition) is 6. The van der Waals surface area contributed by atoms with Crippen molar-refractivity contribution in [1.29, 1.82) is 0 Å². The van der Waals surface area contributed by atoms with Gasteiger partial charge in [-0.1, -0.05) is 12.1 Å². The Hall–Kier alpha value is -2.80. The van der Waals surface area contributed by atoms with Gasteiger partial charge < -0.3 is 10.6 Å². The number of aromatic nitrogens is 3. The Kier molecular flexibility index (Phi) is 4.58. The number of hydrogen-bond donors (Lipinski definition) is 2. The zero-order valence-corrected chi connectivity index (χ0v) is 13.3. The maximum Gasteiger partial charge on any atom is 0.230 e. The predicted octanol–water partition coefficient (Wildman–Crippen LogP) is 3.17. The van der Waals surface area contributed by atoms with Crippen LogP contribution in [0.1, 0.15) is 11.3 Å². The van der Waals surface area contributed by atoms with E-state index in [-0.39, 0.29) is 12.3 Å². The monoisotopic (exact) mass is 325 g/mol. The molecular formula is C16H15N5OS. The van der Waals surface area contributed by atoms with E-state index in [2.05, 4.69) is 25.6 Å². The first-order valence-electron chi connectivity index (χ1n) is 7.04. The lowest BCUT2D eigenvalue weighted by Crippen LogP contribution is -2.14. The normalized spacial score (nSPS) is 10.3. The first kappa shape index (κ1) is 15.1. The quantitative estimate of drug-likeness (QED) is 0.753. The molecule has 2 aromatic heterocycles. The summed E-state index contributed by atoms with van der Waals surface area (Å²) in [5.41, 5.74) is 2.60. The summed E-state index contributed by atoms with van der Waals surface area (Å²) in [6.07, 6.45) is 3.53. The van der Waals surface area contributed by atoms with Crippen LogP contribution in [0.5, 0.6) is 0 Å². The number of thiazole rings is 1. The van der Waals surface area contributed by atoms with Crippen molar-refractivity contribution in [3.8, 4) is 0 Å². The summed E-state index contributed by atoms with van der Waals surface area (Å²) in [4.78, 5) is 24.6. The van der Waals surface area contributed by atoms with Crippen molar-refractivity contribution in [2.75, 3.05) is 10.6 Å². The van der Waals surface area contributed by atoms with Gasteiger partial charge >= 0.3 is 0 Å². The number of benzene rings is 1. The summed E-state index contributed by atoms with van der Waals surface area (Å²) in [5, 5.41) is 8.39. The Morgan fingerprint density at radius 1 is 1.22 bits per heavy atom. The van der Waals surface area contributed by atoms with Crippen molar-refractivity contribution in [1.82, 2.24) is 15.0 Å². The maximum atomic E-state index is 12.1. The number of anilines is 3. The smallest absolute Gasteiger partial charge is 0.230 e. The van der Waals surface area contributed by atoms with Gasteiger partial charge in [0.1, 0.15) is 0 Å². The molecule has 3 aromatic rings. The van der Waals surface area contributed by atoms with E-state index in [1.54, 1.807) is 18.5 Å². The van der Waals surface area contributed by atoms with Crippen LogP contribution >= 0.6 is 11.3 Å². The van der Waals surface area contributed by atoms with E-state index in [1.165, 1.54) is 11.3 Å². The number of aryl methyl sites for hydroxylation is 1. The van der Waals surface area contributed by atoms with Crippen molar-refractivity contribution >= 4 is 34.0 Å². The van der Waals surface area contributed by atoms with E-state index in [0.29, 0.717) is 16.8 Å². The van der Waals surface area contributed by atoms with E-state index >= 15 is 0 Å². The first-order valence-corrected chi connectivity index (χ1v) is 7.92. The van der Waals surface area contributed by atoms with Gasteiger partial charge in [-0.25, -0.2) is 15.0 Å². The Morgan fingerprint density at radius 2 is 2.04 bits per heavy atom. The molecule has 0 aliphatic carbocycles. The second-order valence-electron chi connectivity index (χ2n) is 4.94. The highest BCUT2D eigenvalue weighted by Gasteiger charge is 2.09. The molecule has 1 amide bonds. The maximum absolute atomic E-state index is 12.1. The fraction of sp³-hybridized carbons (Fsp3) is 0.125. The second-order valence-corrected chi connectivity index (χ2v) is 5.79. The Labute approximate surface area is 137 Å². The van der Waals surface area contributed by atoms with Crippen LogP contribution in [0.2, 0.25) is 0 Å². The largest absolute Gasteiger partial charge is 0.326 e. The number of nitrogens with one attached hydrogen (secondary N) is 2. The van der Waals surface area contributed by atoms with Crippen molar-refractivity contribution < 1.29 is 4.79 Å². The van der Waals surface area contributed by atoms with E-state index in [0.717, 1.165) is 11.3 Å². The van der Waals surface area contributed by atoms with Gasteiger partial charge in [0.15, 0.2) is 5.13 Å². The lowest BCUT2D eigenvalue weighted by molar-refractivity contribution is -0.115. The van der Waals surface area contributed by atoms with Crippen LogP contribution in [0.15, 0.2) is 48.1 Å². The summed E-state index contributed by atoms with van der Waals surface area (Å²) in [7, 11) is 0.